The maximum Gasteiger partial charge on any atom is 0.244 e. The Bertz CT molecular complexity index is 822. The Hall–Kier alpha value is -2.90. The van der Waals surface area contributed by atoms with Crippen molar-refractivity contribution < 1.29 is 19.1 Å². The lowest BCUT2D eigenvalue weighted by Crippen LogP contribution is -2.47. The zero-order valence-electron chi connectivity index (χ0n) is 16.8. The van der Waals surface area contributed by atoms with Gasteiger partial charge in [0.25, 0.3) is 0 Å². The van der Waals surface area contributed by atoms with Gasteiger partial charge in [-0.1, -0.05) is 36.4 Å². The molecule has 0 unspecified atom stereocenters. The van der Waals surface area contributed by atoms with E-state index in [9.17, 15) is 9.59 Å². The number of rotatable bonds is 7. The number of hydrogen-bond acceptors (Lipinski definition) is 5. The van der Waals surface area contributed by atoms with Crippen LogP contribution in [0.3, 0.4) is 0 Å². The fourth-order valence-corrected chi connectivity index (χ4v) is 3.40. The highest BCUT2D eigenvalue weighted by molar-refractivity contribution is 5.93. The molecule has 7 heteroatoms. The van der Waals surface area contributed by atoms with E-state index in [4.69, 9.17) is 9.47 Å². The van der Waals surface area contributed by atoms with Gasteiger partial charge in [0, 0.05) is 24.8 Å². The average molecular weight is 397 g/mol. The first-order valence-corrected chi connectivity index (χ1v) is 9.64. The lowest BCUT2D eigenvalue weighted by Gasteiger charge is -2.34. The summed E-state index contributed by atoms with van der Waals surface area (Å²) in [6.07, 6.45) is 0. The maximum atomic E-state index is 13.2. The summed E-state index contributed by atoms with van der Waals surface area (Å²) < 4.78 is 10.6. The number of nitrogens with one attached hydrogen (secondary N) is 1. The van der Waals surface area contributed by atoms with Gasteiger partial charge >= 0.3 is 0 Å². The van der Waals surface area contributed by atoms with Crippen LogP contribution in [0.15, 0.2) is 54.6 Å². The molecule has 1 aliphatic heterocycles. The molecule has 0 aromatic heterocycles. The van der Waals surface area contributed by atoms with Crippen molar-refractivity contribution >= 4 is 17.5 Å². The SMILES string of the molecule is COc1cccc(NC(=O)CN(C)[C@@H](C(=O)N2CCOCC2)c2ccccc2)c1. The van der Waals surface area contributed by atoms with E-state index in [-0.39, 0.29) is 18.4 Å². The molecule has 1 N–H and O–H groups in total. The number of methoxy groups -OCH3 is 1. The van der Waals surface area contributed by atoms with E-state index in [1.165, 1.54) is 0 Å². The number of ether oxygens (including phenoxy) is 2. The van der Waals surface area contributed by atoms with Crippen molar-refractivity contribution in [1.82, 2.24) is 9.80 Å². The Kier molecular flexibility index (Phi) is 7.21. The Morgan fingerprint density at radius 3 is 2.55 bits per heavy atom. The van der Waals surface area contributed by atoms with E-state index >= 15 is 0 Å². The fourth-order valence-electron chi connectivity index (χ4n) is 3.40. The summed E-state index contributed by atoms with van der Waals surface area (Å²) in [5.41, 5.74) is 1.51. The second-order valence-electron chi connectivity index (χ2n) is 6.95. The second kappa shape index (κ2) is 10.0. The van der Waals surface area contributed by atoms with E-state index in [1.54, 1.807) is 36.1 Å². The van der Waals surface area contributed by atoms with Crippen LogP contribution in [0.5, 0.6) is 5.75 Å². The summed E-state index contributed by atoms with van der Waals surface area (Å²) in [5.74, 6) is 0.452. The van der Waals surface area contributed by atoms with Crippen LogP contribution >= 0.6 is 0 Å². The van der Waals surface area contributed by atoms with Crippen LogP contribution in [0.1, 0.15) is 11.6 Å². The Morgan fingerprint density at radius 2 is 1.86 bits per heavy atom. The van der Waals surface area contributed by atoms with Crippen LogP contribution in [-0.2, 0) is 14.3 Å². The van der Waals surface area contributed by atoms with Crippen molar-refractivity contribution in [3.8, 4) is 5.75 Å². The van der Waals surface area contributed by atoms with Gasteiger partial charge < -0.3 is 19.7 Å². The molecule has 2 aromatic rings. The molecule has 1 heterocycles. The summed E-state index contributed by atoms with van der Waals surface area (Å²) in [6.45, 7) is 2.27. The number of hydrogen-bond donors (Lipinski definition) is 1. The summed E-state index contributed by atoms with van der Waals surface area (Å²) >= 11 is 0. The molecule has 0 radical (unpaired) electrons. The van der Waals surface area contributed by atoms with E-state index in [0.29, 0.717) is 37.7 Å². The summed E-state index contributed by atoms with van der Waals surface area (Å²) in [6, 6.07) is 16.2. The number of amides is 2. The van der Waals surface area contributed by atoms with Gasteiger partial charge in [0.05, 0.1) is 26.9 Å². The number of benzene rings is 2. The minimum absolute atomic E-state index is 0.0174. The third-order valence-corrected chi connectivity index (χ3v) is 4.86. The average Bonchev–Trinajstić information content (AvgIpc) is 2.75. The lowest BCUT2D eigenvalue weighted by molar-refractivity contribution is -0.141. The van der Waals surface area contributed by atoms with Crippen molar-refractivity contribution in [1.29, 1.82) is 0 Å². The summed E-state index contributed by atoms with van der Waals surface area (Å²) in [4.78, 5) is 29.4. The molecule has 1 fully saturated rings. The molecule has 1 saturated heterocycles. The third-order valence-electron chi connectivity index (χ3n) is 4.86. The van der Waals surface area contributed by atoms with Crippen LogP contribution in [0.2, 0.25) is 0 Å². The normalized spacial score (nSPS) is 15.1. The van der Waals surface area contributed by atoms with E-state index in [2.05, 4.69) is 5.32 Å². The number of anilines is 1. The molecule has 29 heavy (non-hydrogen) atoms. The first kappa shape index (κ1) is 20.8. The van der Waals surface area contributed by atoms with Gasteiger partial charge in [0.15, 0.2) is 0 Å². The lowest BCUT2D eigenvalue weighted by atomic mass is 10.0. The van der Waals surface area contributed by atoms with Crippen molar-refractivity contribution in [2.45, 2.75) is 6.04 Å². The highest BCUT2D eigenvalue weighted by Crippen LogP contribution is 2.23. The topological polar surface area (TPSA) is 71.1 Å². The zero-order valence-corrected chi connectivity index (χ0v) is 16.8. The molecule has 0 spiro atoms. The fraction of sp³-hybridized carbons (Fsp3) is 0.364. The number of likely N-dealkylation sites (N-methyl/N-ethyl adjacent to an activating group) is 1. The van der Waals surface area contributed by atoms with Gasteiger partial charge in [-0.25, -0.2) is 0 Å². The predicted molar refractivity (Wildman–Crippen MR) is 111 cm³/mol. The Morgan fingerprint density at radius 1 is 1.14 bits per heavy atom. The molecule has 2 amide bonds. The smallest absolute Gasteiger partial charge is 0.244 e. The Balaban J connectivity index is 1.72. The number of morpholine rings is 1. The standard InChI is InChI=1S/C22H27N3O4/c1-24(16-20(26)23-18-9-6-10-19(15-18)28-2)21(17-7-4-3-5-8-17)22(27)25-11-13-29-14-12-25/h3-10,15,21H,11-14,16H2,1-2H3,(H,23,26)/t21-/m1/s1. The van der Waals surface area contributed by atoms with Crippen molar-refractivity contribution in [2.24, 2.45) is 0 Å². The highest BCUT2D eigenvalue weighted by Gasteiger charge is 2.31. The van der Waals surface area contributed by atoms with Gasteiger partial charge in [0.1, 0.15) is 11.8 Å². The molecule has 154 valence electrons. The molecule has 1 aliphatic rings. The Labute approximate surface area is 171 Å². The van der Waals surface area contributed by atoms with E-state index in [1.807, 2.05) is 42.5 Å². The monoisotopic (exact) mass is 397 g/mol. The zero-order chi connectivity index (χ0) is 20.6. The van der Waals surface area contributed by atoms with Crippen LogP contribution in [0, 0.1) is 0 Å². The largest absolute Gasteiger partial charge is 0.497 e. The highest BCUT2D eigenvalue weighted by atomic mass is 16.5. The van der Waals surface area contributed by atoms with Gasteiger partial charge in [0.2, 0.25) is 11.8 Å². The minimum Gasteiger partial charge on any atom is -0.497 e. The number of carbonyl (C=O) groups excluding carboxylic acids is 2. The van der Waals surface area contributed by atoms with Crippen LogP contribution in [-0.4, -0.2) is 68.6 Å². The maximum absolute atomic E-state index is 13.2. The molecular weight excluding hydrogens is 370 g/mol. The van der Waals surface area contributed by atoms with Gasteiger partial charge in [-0.05, 0) is 24.7 Å². The van der Waals surface area contributed by atoms with Crippen LogP contribution in [0.4, 0.5) is 5.69 Å². The molecule has 2 aromatic carbocycles. The predicted octanol–water partition coefficient (Wildman–Crippen LogP) is 2.17. The van der Waals surface area contributed by atoms with Crippen LogP contribution < -0.4 is 10.1 Å². The summed E-state index contributed by atoms with van der Waals surface area (Å²) in [7, 11) is 3.37. The van der Waals surface area contributed by atoms with E-state index < -0.39 is 6.04 Å². The second-order valence-corrected chi connectivity index (χ2v) is 6.95. The van der Waals surface area contributed by atoms with Crippen LogP contribution in [0.25, 0.3) is 0 Å². The minimum atomic E-state index is -0.537. The summed E-state index contributed by atoms with van der Waals surface area (Å²) in [5, 5.41) is 2.87. The van der Waals surface area contributed by atoms with Gasteiger partial charge in [-0.2, -0.15) is 0 Å². The number of carbonyl (C=O) groups is 2. The first-order chi connectivity index (χ1) is 14.1. The molecule has 7 nitrogen and oxygen atoms in total. The third kappa shape index (κ3) is 5.56. The molecule has 1 atom stereocenters. The van der Waals surface area contributed by atoms with E-state index in [0.717, 1.165) is 5.56 Å². The number of nitrogens with zero attached hydrogens (tertiary/aromatic N) is 2. The van der Waals surface area contributed by atoms with Crippen molar-refractivity contribution in [3.63, 3.8) is 0 Å². The van der Waals surface area contributed by atoms with Crippen molar-refractivity contribution in [2.75, 3.05) is 52.3 Å². The van der Waals surface area contributed by atoms with Gasteiger partial charge in [-0.15, -0.1) is 0 Å². The molecular formula is C22H27N3O4. The van der Waals surface area contributed by atoms with Crippen molar-refractivity contribution in [3.05, 3.63) is 60.2 Å². The molecule has 0 bridgehead atoms. The van der Waals surface area contributed by atoms with Gasteiger partial charge in [-0.3, -0.25) is 14.5 Å². The molecule has 0 saturated carbocycles. The molecule has 0 aliphatic carbocycles. The first-order valence-electron chi connectivity index (χ1n) is 9.64. The quantitative estimate of drug-likeness (QED) is 0.775. The molecule has 3 rings (SSSR count).